The lowest BCUT2D eigenvalue weighted by molar-refractivity contribution is -0.933. The van der Waals surface area contributed by atoms with Crippen molar-refractivity contribution in [2.24, 2.45) is 0 Å². The molecule has 17 heavy (non-hydrogen) atoms. The number of hydrogen-bond acceptors (Lipinski definition) is 3. The van der Waals surface area contributed by atoms with Gasteiger partial charge in [-0.05, 0) is 27.7 Å². The maximum absolute atomic E-state index is 12.3. The van der Waals surface area contributed by atoms with E-state index in [0.29, 0.717) is 6.42 Å². The predicted octanol–water partition coefficient (Wildman–Crippen LogP) is -0.376. The third kappa shape index (κ3) is 1.61. The zero-order valence-electron chi connectivity index (χ0n) is 10.6. The van der Waals surface area contributed by atoms with Crippen molar-refractivity contribution < 1.29 is 14.7 Å². The smallest absolute Gasteiger partial charge is 0.254 e. The summed E-state index contributed by atoms with van der Waals surface area (Å²) in [6, 6.07) is -0.333. The van der Waals surface area contributed by atoms with E-state index >= 15 is 0 Å². The van der Waals surface area contributed by atoms with Gasteiger partial charge in [0.05, 0.1) is 5.54 Å². The molecule has 1 saturated heterocycles. The van der Waals surface area contributed by atoms with Crippen molar-refractivity contribution in [1.29, 1.82) is 0 Å². The molecule has 0 spiro atoms. The summed E-state index contributed by atoms with van der Waals surface area (Å²) in [5.41, 5.74) is -1.14. The van der Waals surface area contributed by atoms with Crippen LogP contribution in [0.5, 0.6) is 0 Å². The van der Waals surface area contributed by atoms with E-state index in [1.54, 1.807) is 0 Å². The van der Waals surface area contributed by atoms with Crippen LogP contribution >= 0.6 is 0 Å². The number of carbonyl (C=O) groups excluding carboxylic acids is 2. The molecule has 2 heterocycles. The Bertz CT molecular complexity index is 394. The Morgan fingerprint density at radius 2 is 1.71 bits per heavy atom. The summed E-state index contributed by atoms with van der Waals surface area (Å²) >= 11 is 0. The molecule has 5 heteroatoms. The fourth-order valence-electron chi connectivity index (χ4n) is 2.99. The highest BCUT2D eigenvalue weighted by molar-refractivity contribution is 6.13. The van der Waals surface area contributed by atoms with Crippen LogP contribution < -0.4 is 5.06 Å². The number of rotatable bonds is 1. The standard InChI is InChI=1S/C12H18N2O3/c1-11(2)7-8(12(3,4)14(11)17)13-9(15)5-6-10(13)16/h5-6,8,14H,7H2,1-4H3. The Hall–Kier alpha value is -1.20. The van der Waals surface area contributed by atoms with Crippen molar-refractivity contribution in [2.75, 3.05) is 0 Å². The summed E-state index contributed by atoms with van der Waals surface area (Å²) in [4.78, 5) is 24.6. The first kappa shape index (κ1) is 12.3. The average molecular weight is 238 g/mol. The lowest BCUT2D eigenvalue weighted by Gasteiger charge is -2.42. The van der Waals surface area contributed by atoms with Gasteiger partial charge in [-0.15, -0.1) is 0 Å². The number of imide groups is 1. The lowest BCUT2D eigenvalue weighted by Crippen LogP contribution is -3.20. The van der Waals surface area contributed by atoms with E-state index in [0.717, 1.165) is 0 Å². The minimum atomic E-state index is -0.666. The first-order chi connectivity index (χ1) is 7.68. The minimum absolute atomic E-state index is 0.113. The second-order valence-corrected chi connectivity index (χ2v) is 6.03. The molecular formula is C12H18N2O3. The zero-order valence-corrected chi connectivity index (χ0v) is 10.6. The molecule has 94 valence electrons. The van der Waals surface area contributed by atoms with Gasteiger partial charge in [-0.1, -0.05) is 0 Å². The highest BCUT2D eigenvalue weighted by Gasteiger charge is 2.56. The van der Waals surface area contributed by atoms with Gasteiger partial charge in [0.25, 0.3) is 11.8 Å². The van der Waals surface area contributed by atoms with Crippen LogP contribution in [0.2, 0.25) is 0 Å². The Kier molecular flexibility index (Phi) is 2.45. The van der Waals surface area contributed by atoms with E-state index in [9.17, 15) is 14.8 Å². The molecule has 1 N–H and O–H groups in total. The number of amides is 2. The van der Waals surface area contributed by atoms with Crippen molar-refractivity contribution in [1.82, 2.24) is 4.90 Å². The summed E-state index contributed by atoms with van der Waals surface area (Å²) in [5, 5.41) is 12.4. The predicted molar refractivity (Wildman–Crippen MR) is 61.9 cm³/mol. The van der Waals surface area contributed by atoms with Gasteiger partial charge in [0.1, 0.15) is 11.6 Å². The summed E-state index contributed by atoms with van der Waals surface area (Å²) in [5.74, 6) is -0.614. The molecule has 0 saturated carbocycles. The maximum Gasteiger partial charge on any atom is 0.254 e. The van der Waals surface area contributed by atoms with Crippen LogP contribution in [-0.2, 0) is 9.59 Å². The molecular weight excluding hydrogens is 220 g/mol. The zero-order chi connectivity index (χ0) is 13.0. The van der Waals surface area contributed by atoms with Crippen LogP contribution in [0.1, 0.15) is 34.1 Å². The van der Waals surface area contributed by atoms with Crippen LogP contribution in [0.4, 0.5) is 0 Å². The summed E-state index contributed by atoms with van der Waals surface area (Å²) in [6.07, 6.45) is 3.08. The van der Waals surface area contributed by atoms with Gasteiger partial charge in [0.15, 0.2) is 0 Å². The van der Waals surface area contributed by atoms with Gasteiger partial charge >= 0.3 is 0 Å². The Labute approximate surface area is 101 Å². The van der Waals surface area contributed by atoms with Crippen LogP contribution in [-0.4, -0.2) is 33.8 Å². The number of carbonyl (C=O) groups is 2. The first-order valence-corrected chi connectivity index (χ1v) is 5.78. The molecule has 2 aliphatic rings. The highest BCUT2D eigenvalue weighted by Crippen LogP contribution is 2.30. The average Bonchev–Trinajstić information content (AvgIpc) is 2.60. The molecule has 5 nitrogen and oxygen atoms in total. The van der Waals surface area contributed by atoms with Crippen molar-refractivity contribution >= 4 is 11.8 Å². The van der Waals surface area contributed by atoms with E-state index in [2.05, 4.69) is 0 Å². The molecule has 2 aliphatic heterocycles. The molecule has 2 rings (SSSR count). The second-order valence-electron chi connectivity index (χ2n) is 6.03. The lowest BCUT2D eigenvalue weighted by atomic mass is 9.93. The van der Waals surface area contributed by atoms with Gasteiger partial charge in [-0.25, -0.2) is 0 Å². The molecule has 1 fully saturated rings. The molecule has 0 aliphatic carbocycles. The molecule has 0 bridgehead atoms. The van der Waals surface area contributed by atoms with Crippen molar-refractivity contribution in [3.05, 3.63) is 17.4 Å². The van der Waals surface area contributed by atoms with Crippen LogP contribution in [0.25, 0.3) is 0 Å². The molecule has 2 amide bonds. The molecule has 0 radical (unpaired) electrons. The van der Waals surface area contributed by atoms with Crippen LogP contribution in [0.3, 0.4) is 0 Å². The van der Waals surface area contributed by atoms with E-state index in [1.807, 2.05) is 27.7 Å². The van der Waals surface area contributed by atoms with Crippen LogP contribution in [0.15, 0.2) is 12.2 Å². The monoisotopic (exact) mass is 238 g/mol. The SMILES string of the molecule is CC1(C)CC(N2C(=O)C=CC2=O)C(C)(C)[NH+]1[O-]. The Morgan fingerprint density at radius 3 is 2.06 bits per heavy atom. The number of quaternary nitrogens is 1. The van der Waals surface area contributed by atoms with Gasteiger partial charge in [-0.2, -0.15) is 0 Å². The van der Waals surface area contributed by atoms with E-state index in [4.69, 9.17) is 0 Å². The Morgan fingerprint density at radius 1 is 1.24 bits per heavy atom. The third-order valence-electron chi connectivity index (χ3n) is 3.89. The number of hydroxylamine groups is 2. The highest BCUT2D eigenvalue weighted by atomic mass is 16.5. The summed E-state index contributed by atoms with van der Waals surface area (Å²) < 4.78 is 0. The normalized spacial score (nSPS) is 34.8. The number of nitrogens with zero attached hydrogens (tertiary/aromatic N) is 1. The second kappa shape index (κ2) is 3.40. The Balaban J connectivity index is 2.35. The van der Waals surface area contributed by atoms with Gasteiger partial charge < -0.3 is 10.3 Å². The van der Waals surface area contributed by atoms with E-state index in [1.165, 1.54) is 17.1 Å². The van der Waals surface area contributed by atoms with Gasteiger partial charge in [0, 0.05) is 18.6 Å². The van der Waals surface area contributed by atoms with E-state index < -0.39 is 11.1 Å². The molecule has 0 aromatic rings. The maximum atomic E-state index is 12.3. The molecule has 2 unspecified atom stereocenters. The minimum Gasteiger partial charge on any atom is -0.633 e. The van der Waals surface area contributed by atoms with Crippen molar-refractivity contribution in [3.8, 4) is 0 Å². The quantitative estimate of drug-likeness (QED) is 0.500. The number of nitrogens with one attached hydrogen (secondary N) is 1. The van der Waals surface area contributed by atoms with Crippen molar-refractivity contribution in [2.45, 2.75) is 51.2 Å². The first-order valence-electron chi connectivity index (χ1n) is 5.78. The molecule has 0 aromatic carbocycles. The molecule has 0 aromatic heterocycles. The van der Waals surface area contributed by atoms with E-state index in [-0.39, 0.29) is 22.9 Å². The van der Waals surface area contributed by atoms with Gasteiger partial charge in [0.2, 0.25) is 0 Å². The van der Waals surface area contributed by atoms with Crippen molar-refractivity contribution in [3.63, 3.8) is 0 Å². The third-order valence-corrected chi connectivity index (χ3v) is 3.89. The van der Waals surface area contributed by atoms with Gasteiger partial charge in [-0.3, -0.25) is 14.5 Å². The summed E-state index contributed by atoms with van der Waals surface area (Å²) in [6.45, 7) is 7.37. The van der Waals surface area contributed by atoms with Crippen LogP contribution in [0, 0.1) is 5.21 Å². The molecule has 2 atom stereocenters. The topological polar surface area (TPSA) is 64.9 Å². The number of hydrogen-bond donors (Lipinski definition) is 1. The fraction of sp³-hybridized carbons (Fsp3) is 0.667. The largest absolute Gasteiger partial charge is 0.633 e. The fourth-order valence-corrected chi connectivity index (χ4v) is 2.99. The summed E-state index contributed by atoms with van der Waals surface area (Å²) in [7, 11) is 0.